The lowest BCUT2D eigenvalue weighted by Crippen LogP contribution is -2.60. The minimum Gasteiger partial charge on any atom is -0.394 e. The van der Waals surface area contributed by atoms with Crippen molar-refractivity contribution in [3.63, 3.8) is 0 Å². The van der Waals surface area contributed by atoms with Crippen molar-refractivity contribution < 1.29 is 39.8 Å². The first kappa shape index (κ1) is 69.9. The average Bonchev–Trinajstić information content (AvgIpc) is 3.39. The highest BCUT2D eigenvalue weighted by molar-refractivity contribution is 5.76. The Balaban J connectivity index is 2.15. The van der Waals surface area contributed by atoms with Gasteiger partial charge in [0, 0.05) is 6.42 Å². The van der Waals surface area contributed by atoms with Gasteiger partial charge in [0.2, 0.25) is 5.91 Å². The zero-order valence-electron chi connectivity index (χ0n) is 48.4. The van der Waals surface area contributed by atoms with E-state index >= 15 is 0 Å². The predicted molar refractivity (Wildman–Crippen MR) is 309 cm³/mol. The van der Waals surface area contributed by atoms with Crippen LogP contribution in [0.1, 0.15) is 335 Å². The second-order valence-electron chi connectivity index (χ2n) is 22.9. The van der Waals surface area contributed by atoms with Crippen molar-refractivity contribution in [2.75, 3.05) is 13.2 Å². The van der Waals surface area contributed by atoms with Gasteiger partial charge in [-0.3, -0.25) is 4.79 Å². The second-order valence-corrected chi connectivity index (χ2v) is 22.9. The third-order valence-corrected chi connectivity index (χ3v) is 15.9. The molecule has 0 aromatic rings. The van der Waals surface area contributed by atoms with Gasteiger partial charge >= 0.3 is 0 Å². The molecule has 1 fully saturated rings. The number of unbranched alkanes of at least 4 members (excludes halogenated alkanes) is 45. The molecule has 1 amide bonds. The van der Waals surface area contributed by atoms with Crippen molar-refractivity contribution in [3.8, 4) is 0 Å². The molecule has 1 saturated heterocycles. The van der Waals surface area contributed by atoms with Gasteiger partial charge in [0.15, 0.2) is 6.29 Å². The zero-order valence-corrected chi connectivity index (χ0v) is 48.4. The van der Waals surface area contributed by atoms with E-state index in [4.69, 9.17) is 9.47 Å². The standard InChI is InChI=1S/C64H125NO8/c1-3-5-7-9-11-13-15-17-19-21-23-25-27-29-31-33-35-37-39-41-43-45-47-49-51-53-58(67)57(56-72-64-63(71)62(70)61(69)59(55-66)73-64)65-60(68)54-52-50-48-46-44-42-40-38-36-34-32-30-28-26-24-22-20-18-16-14-12-10-8-6-4-2/h30,32,57-59,61-64,66-67,69-71H,3-29,31,33-56H2,1-2H3,(H,65,68)/b32-30-. The summed E-state index contributed by atoms with van der Waals surface area (Å²) in [7, 11) is 0. The molecule has 1 heterocycles. The average molecular weight is 1040 g/mol. The van der Waals surface area contributed by atoms with Gasteiger partial charge < -0.3 is 40.3 Å². The Kier molecular flexibility index (Phi) is 52.0. The number of amides is 1. The van der Waals surface area contributed by atoms with Crippen LogP contribution in [-0.2, 0) is 14.3 Å². The van der Waals surface area contributed by atoms with Crippen LogP contribution in [0.3, 0.4) is 0 Å². The van der Waals surface area contributed by atoms with Crippen molar-refractivity contribution in [1.29, 1.82) is 0 Å². The van der Waals surface area contributed by atoms with E-state index in [2.05, 4.69) is 31.3 Å². The molecule has 434 valence electrons. The highest BCUT2D eigenvalue weighted by atomic mass is 16.7. The molecule has 9 heteroatoms. The number of carbonyl (C=O) groups is 1. The van der Waals surface area contributed by atoms with Crippen LogP contribution in [0, 0.1) is 0 Å². The van der Waals surface area contributed by atoms with E-state index in [0.29, 0.717) is 12.8 Å². The van der Waals surface area contributed by atoms with Gasteiger partial charge in [-0.25, -0.2) is 0 Å². The van der Waals surface area contributed by atoms with Gasteiger partial charge in [-0.2, -0.15) is 0 Å². The number of hydrogen-bond acceptors (Lipinski definition) is 8. The maximum absolute atomic E-state index is 13.1. The van der Waals surface area contributed by atoms with Crippen molar-refractivity contribution >= 4 is 5.91 Å². The quantitative estimate of drug-likeness (QED) is 0.0261. The van der Waals surface area contributed by atoms with Gasteiger partial charge in [0.25, 0.3) is 0 Å². The Morgan fingerprint density at radius 1 is 0.452 bits per heavy atom. The SMILES string of the molecule is CCCCCCCCCCCCCC/C=C\CCCCCCCCCCCC(=O)NC(COC1OC(CO)C(O)C(O)C1O)C(O)CCCCCCCCCCCCCCCCCCCCCCCCCCC. The Morgan fingerprint density at radius 2 is 0.767 bits per heavy atom. The number of allylic oxidation sites excluding steroid dienone is 2. The summed E-state index contributed by atoms with van der Waals surface area (Å²) in [5.74, 6) is -0.139. The highest BCUT2D eigenvalue weighted by Crippen LogP contribution is 2.24. The topological polar surface area (TPSA) is 149 Å². The van der Waals surface area contributed by atoms with Gasteiger partial charge in [-0.15, -0.1) is 0 Å². The number of ether oxygens (including phenoxy) is 2. The molecule has 0 bridgehead atoms. The first-order valence-corrected chi connectivity index (χ1v) is 32.4. The number of aliphatic hydroxyl groups excluding tert-OH is 5. The molecular formula is C64H125NO8. The fourth-order valence-electron chi connectivity index (χ4n) is 10.7. The molecule has 0 saturated carbocycles. The van der Waals surface area contributed by atoms with E-state index in [1.165, 1.54) is 270 Å². The Bertz CT molecular complexity index is 1150. The number of nitrogens with one attached hydrogen (secondary N) is 1. The van der Waals surface area contributed by atoms with Crippen LogP contribution >= 0.6 is 0 Å². The van der Waals surface area contributed by atoms with Gasteiger partial charge in [0.05, 0.1) is 25.4 Å². The molecule has 7 atom stereocenters. The third-order valence-electron chi connectivity index (χ3n) is 15.9. The molecular weight excluding hydrogens is 911 g/mol. The van der Waals surface area contributed by atoms with Gasteiger partial charge in [-0.1, -0.05) is 302 Å². The van der Waals surface area contributed by atoms with Crippen LogP contribution in [0.4, 0.5) is 0 Å². The number of rotatable bonds is 57. The lowest BCUT2D eigenvalue weighted by Gasteiger charge is -2.40. The fraction of sp³-hybridized carbons (Fsp3) is 0.953. The maximum Gasteiger partial charge on any atom is 0.220 e. The summed E-state index contributed by atoms with van der Waals surface area (Å²) in [4.78, 5) is 13.1. The van der Waals surface area contributed by atoms with E-state index < -0.39 is 49.5 Å². The van der Waals surface area contributed by atoms with Crippen LogP contribution in [0.2, 0.25) is 0 Å². The van der Waals surface area contributed by atoms with Crippen molar-refractivity contribution in [3.05, 3.63) is 12.2 Å². The summed E-state index contributed by atoms with van der Waals surface area (Å²) in [5.41, 5.74) is 0. The molecule has 9 nitrogen and oxygen atoms in total. The van der Waals surface area contributed by atoms with E-state index in [1.54, 1.807) is 0 Å². The summed E-state index contributed by atoms with van der Waals surface area (Å²) in [6, 6.07) is -0.719. The molecule has 0 aromatic carbocycles. The van der Waals surface area contributed by atoms with Crippen LogP contribution < -0.4 is 5.32 Å². The van der Waals surface area contributed by atoms with Crippen LogP contribution in [0.15, 0.2) is 12.2 Å². The first-order chi connectivity index (χ1) is 35.8. The molecule has 7 unspecified atom stereocenters. The smallest absolute Gasteiger partial charge is 0.220 e. The molecule has 0 spiro atoms. The predicted octanol–water partition coefficient (Wildman–Crippen LogP) is 16.7. The normalized spacial score (nSPS) is 19.0. The van der Waals surface area contributed by atoms with Gasteiger partial charge in [0.1, 0.15) is 24.4 Å². The molecule has 73 heavy (non-hydrogen) atoms. The van der Waals surface area contributed by atoms with E-state index in [9.17, 15) is 30.3 Å². The lowest BCUT2D eigenvalue weighted by atomic mass is 9.99. The summed E-state index contributed by atoms with van der Waals surface area (Å²) in [5, 5.41) is 54.8. The minimum absolute atomic E-state index is 0.134. The number of carbonyl (C=O) groups excluding carboxylic acids is 1. The largest absolute Gasteiger partial charge is 0.394 e. The Labute approximate surface area is 452 Å². The monoisotopic (exact) mass is 1040 g/mol. The molecule has 0 aromatic heterocycles. The maximum atomic E-state index is 13.1. The number of aliphatic hydroxyl groups is 5. The summed E-state index contributed by atoms with van der Waals surface area (Å²) < 4.78 is 11.4. The van der Waals surface area contributed by atoms with Crippen molar-refractivity contribution in [2.45, 2.75) is 378 Å². The molecule has 0 radical (unpaired) electrons. The van der Waals surface area contributed by atoms with Crippen LogP contribution in [0.5, 0.6) is 0 Å². The second kappa shape index (κ2) is 54.3. The van der Waals surface area contributed by atoms with Crippen molar-refractivity contribution in [1.82, 2.24) is 5.32 Å². The summed E-state index contributed by atoms with van der Waals surface area (Å²) in [6.45, 7) is 3.89. The number of hydrogen-bond donors (Lipinski definition) is 6. The summed E-state index contributed by atoms with van der Waals surface area (Å²) in [6.07, 6.45) is 61.2. The van der Waals surface area contributed by atoms with Crippen LogP contribution in [-0.4, -0.2) is 87.5 Å². The fourth-order valence-corrected chi connectivity index (χ4v) is 10.7. The van der Waals surface area contributed by atoms with E-state index in [0.717, 1.165) is 38.5 Å². The van der Waals surface area contributed by atoms with E-state index in [1.807, 2.05) is 0 Å². The molecule has 1 aliphatic heterocycles. The molecule has 6 N–H and O–H groups in total. The third kappa shape index (κ3) is 43.6. The van der Waals surface area contributed by atoms with Crippen molar-refractivity contribution in [2.24, 2.45) is 0 Å². The molecule has 0 aliphatic carbocycles. The Hall–Kier alpha value is -1.07. The molecule has 1 aliphatic rings. The highest BCUT2D eigenvalue weighted by Gasteiger charge is 2.44. The van der Waals surface area contributed by atoms with Crippen LogP contribution in [0.25, 0.3) is 0 Å². The first-order valence-electron chi connectivity index (χ1n) is 32.4. The molecule has 1 rings (SSSR count). The minimum atomic E-state index is -1.55. The van der Waals surface area contributed by atoms with E-state index in [-0.39, 0.29) is 12.5 Å². The Morgan fingerprint density at radius 3 is 1.11 bits per heavy atom. The lowest BCUT2D eigenvalue weighted by molar-refractivity contribution is -0.302. The summed E-state index contributed by atoms with van der Waals surface area (Å²) >= 11 is 0. The zero-order chi connectivity index (χ0) is 52.9. The van der Waals surface area contributed by atoms with Gasteiger partial charge in [-0.05, 0) is 38.5 Å².